The van der Waals surface area contributed by atoms with Crippen molar-refractivity contribution in [3.8, 4) is 11.3 Å². The number of aromatic nitrogens is 2. The Morgan fingerprint density at radius 2 is 1.34 bits per heavy atom. The molecule has 0 bridgehead atoms. The summed E-state index contributed by atoms with van der Waals surface area (Å²) in [5, 5.41) is 8.91. The lowest BCUT2D eigenvalue weighted by Crippen LogP contribution is -2.49. The minimum Gasteiger partial charge on any atom is -0.352 e. The number of sulfonamides is 1. The average molecular weight is 451 g/mol. The molecule has 2 heterocycles. The van der Waals surface area contributed by atoms with Crippen molar-refractivity contribution in [1.82, 2.24) is 14.5 Å². The van der Waals surface area contributed by atoms with Gasteiger partial charge >= 0.3 is 0 Å². The number of anilines is 1. The predicted molar refractivity (Wildman–Crippen MR) is 129 cm³/mol. The molecule has 1 aromatic heterocycles. The van der Waals surface area contributed by atoms with E-state index in [1.807, 2.05) is 32.0 Å². The first-order valence-corrected chi connectivity index (χ1v) is 12.3. The second-order valence-corrected chi connectivity index (χ2v) is 10.6. The van der Waals surface area contributed by atoms with E-state index < -0.39 is 10.0 Å². The van der Waals surface area contributed by atoms with E-state index in [1.165, 1.54) is 16.7 Å². The highest BCUT2D eigenvalue weighted by Crippen LogP contribution is 2.26. The van der Waals surface area contributed by atoms with Crippen molar-refractivity contribution in [1.29, 1.82) is 0 Å². The fraction of sp³-hybridized carbons (Fsp3) is 0.360. The Morgan fingerprint density at radius 3 is 1.97 bits per heavy atom. The van der Waals surface area contributed by atoms with Crippen molar-refractivity contribution in [3.63, 3.8) is 0 Å². The van der Waals surface area contributed by atoms with Gasteiger partial charge in [0.1, 0.15) is 0 Å². The summed E-state index contributed by atoms with van der Waals surface area (Å²) >= 11 is 0. The normalized spacial score (nSPS) is 15.2. The molecule has 0 saturated carbocycles. The van der Waals surface area contributed by atoms with Crippen LogP contribution in [0.1, 0.15) is 27.8 Å². The highest BCUT2D eigenvalue weighted by Gasteiger charge is 2.29. The summed E-state index contributed by atoms with van der Waals surface area (Å²) in [5.74, 6) is 0.776. The Bertz CT molecular complexity index is 1250. The highest BCUT2D eigenvalue weighted by atomic mass is 32.2. The van der Waals surface area contributed by atoms with Crippen LogP contribution in [0.4, 0.5) is 5.82 Å². The Morgan fingerprint density at radius 1 is 0.688 bits per heavy atom. The second-order valence-electron chi connectivity index (χ2n) is 8.67. The second kappa shape index (κ2) is 8.64. The number of hydrogen-bond donors (Lipinski definition) is 0. The number of nitrogens with zero attached hydrogens (tertiary/aromatic N) is 4. The topological polar surface area (TPSA) is 66.4 Å². The molecule has 4 rings (SSSR count). The minimum atomic E-state index is -3.49. The van der Waals surface area contributed by atoms with Crippen LogP contribution >= 0.6 is 0 Å². The summed E-state index contributed by atoms with van der Waals surface area (Å²) in [6, 6.07) is 13.6. The summed E-state index contributed by atoms with van der Waals surface area (Å²) in [4.78, 5) is 2.46. The van der Waals surface area contributed by atoms with Crippen LogP contribution in [-0.4, -0.2) is 49.1 Å². The molecule has 0 unspecified atom stereocenters. The molecule has 0 amide bonds. The van der Waals surface area contributed by atoms with E-state index in [1.54, 1.807) is 16.4 Å². The van der Waals surface area contributed by atoms with Gasteiger partial charge in [-0.25, -0.2) is 8.42 Å². The van der Waals surface area contributed by atoms with Gasteiger partial charge in [0.05, 0.1) is 10.6 Å². The third kappa shape index (κ3) is 4.27. The molecule has 1 aliphatic heterocycles. The molecule has 0 N–H and O–H groups in total. The van der Waals surface area contributed by atoms with Gasteiger partial charge in [-0.2, -0.15) is 4.31 Å². The quantitative estimate of drug-likeness (QED) is 0.596. The summed E-state index contributed by atoms with van der Waals surface area (Å²) in [5.41, 5.74) is 7.70. The van der Waals surface area contributed by atoms with Crippen LogP contribution in [0.25, 0.3) is 11.3 Å². The largest absolute Gasteiger partial charge is 0.352 e. The van der Waals surface area contributed by atoms with Crippen LogP contribution in [0.2, 0.25) is 0 Å². The zero-order chi connectivity index (χ0) is 23.0. The Balaban J connectivity index is 1.46. The van der Waals surface area contributed by atoms with E-state index in [0.717, 1.165) is 28.2 Å². The molecule has 168 valence electrons. The van der Waals surface area contributed by atoms with Crippen molar-refractivity contribution >= 4 is 15.8 Å². The van der Waals surface area contributed by atoms with Gasteiger partial charge in [0.15, 0.2) is 5.82 Å². The lowest BCUT2D eigenvalue weighted by Gasteiger charge is -2.34. The molecule has 7 heteroatoms. The van der Waals surface area contributed by atoms with Gasteiger partial charge in [-0.15, -0.1) is 10.2 Å². The van der Waals surface area contributed by atoms with Gasteiger partial charge in [0.25, 0.3) is 0 Å². The molecule has 0 aliphatic carbocycles. The first kappa shape index (κ1) is 22.4. The summed E-state index contributed by atoms with van der Waals surface area (Å²) in [6.45, 7) is 12.2. The van der Waals surface area contributed by atoms with Gasteiger partial charge in [-0.3, -0.25) is 0 Å². The summed E-state index contributed by atoms with van der Waals surface area (Å²) in [7, 11) is -3.49. The summed E-state index contributed by atoms with van der Waals surface area (Å²) < 4.78 is 27.7. The zero-order valence-electron chi connectivity index (χ0n) is 19.4. The fourth-order valence-electron chi connectivity index (χ4n) is 4.06. The lowest BCUT2D eigenvalue weighted by molar-refractivity contribution is 0.383. The molecular formula is C25H30N4O2S. The molecule has 6 nitrogen and oxygen atoms in total. The average Bonchev–Trinajstić information content (AvgIpc) is 2.78. The van der Waals surface area contributed by atoms with E-state index in [9.17, 15) is 8.42 Å². The van der Waals surface area contributed by atoms with Crippen LogP contribution < -0.4 is 4.90 Å². The number of hydrogen-bond acceptors (Lipinski definition) is 5. The van der Waals surface area contributed by atoms with Crippen molar-refractivity contribution in [2.24, 2.45) is 0 Å². The zero-order valence-corrected chi connectivity index (χ0v) is 20.2. The summed E-state index contributed by atoms with van der Waals surface area (Å²) in [6.07, 6.45) is 0. The number of benzene rings is 2. The third-order valence-electron chi connectivity index (χ3n) is 6.45. The Kier molecular flexibility index (Phi) is 6.05. The predicted octanol–water partition coefficient (Wildman–Crippen LogP) is 4.20. The molecule has 0 radical (unpaired) electrons. The Labute approximate surface area is 191 Å². The van der Waals surface area contributed by atoms with E-state index in [2.05, 4.69) is 48.0 Å². The minimum absolute atomic E-state index is 0.363. The first-order valence-electron chi connectivity index (χ1n) is 10.9. The number of aryl methyl sites for hydroxylation is 5. The van der Waals surface area contributed by atoms with E-state index in [4.69, 9.17) is 0 Å². The van der Waals surface area contributed by atoms with E-state index in [-0.39, 0.29) is 0 Å². The van der Waals surface area contributed by atoms with Gasteiger partial charge in [-0.1, -0.05) is 12.1 Å². The van der Waals surface area contributed by atoms with Crippen LogP contribution in [0.5, 0.6) is 0 Å². The van der Waals surface area contributed by atoms with E-state index >= 15 is 0 Å². The van der Waals surface area contributed by atoms with Crippen LogP contribution in [0, 0.1) is 34.6 Å². The molecule has 1 aliphatic rings. The van der Waals surface area contributed by atoms with Gasteiger partial charge in [0.2, 0.25) is 10.0 Å². The SMILES string of the molecule is Cc1ccc(S(=O)(=O)N2CCN(c3ccc(-c4cc(C)c(C)cc4C)nn3)CC2)cc1C. The molecule has 2 aromatic carbocycles. The molecule has 3 aromatic rings. The van der Waals surface area contributed by atoms with Gasteiger partial charge in [-0.05, 0) is 92.8 Å². The number of rotatable bonds is 4. The maximum atomic E-state index is 13.1. The highest BCUT2D eigenvalue weighted by molar-refractivity contribution is 7.89. The van der Waals surface area contributed by atoms with Crippen molar-refractivity contribution in [2.45, 2.75) is 39.5 Å². The molecule has 0 spiro atoms. The van der Waals surface area contributed by atoms with Gasteiger partial charge in [0, 0.05) is 31.7 Å². The van der Waals surface area contributed by atoms with Crippen molar-refractivity contribution in [3.05, 3.63) is 70.3 Å². The van der Waals surface area contributed by atoms with Crippen molar-refractivity contribution < 1.29 is 8.42 Å². The van der Waals surface area contributed by atoms with Crippen LogP contribution in [0.3, 0.4) is 0 Å². The molecule has 32 heavy (non-hydrogen) atoms. The molecular weight excluding hydrogens is 420 g/mol. The maximum absolute atomic E-state index is 13.1. The van der Waals surface area contributed by atoms with Crippen molar-refractivity contribution in [2.75, 3.05) is 31.1 Å². The molecule has 1 fully saturated rings. The van der Waals surface area contributed by atoms with Crippen LogP contribution in [0.15, 0.2) is 47.4 Å². The standard InChI is InChI=1S/C25H30N4O2S/c1-17-6-7-22(15-19(17)3)32(30,31)29-12-10-28(11-13-29)25-9-8-24(26-27-25)23-16-20(4)18(2)14-21(23)5/h6-9,14-16H,10-13H2,1-5H3. The first-order chi connectivity index (χ1) is 15.2. The molecule has 0 atom stereocenters. The van der Waals surface area contributed by atoms with Crippen LogP contribution in [-0.2, 0) is 10.0 Å². The molecule has 1 saturated heterocycles. The monoisotopic (exact) mass is 450 g/mol. The lowest BCUT2D eigenvalue weighted by atomic mass is 9.99. The van der Waals surface area contributed by atoms with Gasteiger partial charge < -0.3 is 4.90 Å². The Hall–Kier alpha value is -2.77. The van der Waals surface area contributed by atoms with E-state index in [0.29, 0.717) is 31.1 Å². The third-order valence-corrected chi connectivity index (χ3v) is 8.34. The smallest absolute Gasteiger partial charge is 0.243 e. The maximum Gasteiger partial charge on any atom is 0.243 e. The number of piperazine rings is 1. The fourth-order valence-corrected chi connectivity index (χ4v) is 5.56.